The number of fused-ring (bicyclic) bond motifs is 1. The Hall–Kier alpha value is -1.51. The Balaban J connectivity index is 1.41. The average molecular weight is 283 g/mol. The fourth-order valence-corrected chi connectivity index (χ4v) is 5.43. The van der Waals surface area contributed by atoms with Crippen LogP contribution >= 0.6 is 0 Å². The summed E-state index contributed by atoms with van der Waals surface area (Å²) in [6.07, 6.45) is 10.5. The maximum Gasteiger partial charge on any atom is 0.231 e. The van der Waals surface area contributed by atoms with Crippen LogP contribution in [0.5, 0.6) is 11.5 Å². The summed E-state index contributed by atoms with van der Waals surface area (Å²) in [6.45, 7) is 0.338. The summed E-state index contributed by atoms with van der Waals surface area (Å²) in [5.74, 6) is 4.55. The number of benzene rings is 1. The highest BCUT2D eigenvalue weighted by Gasteiger charge is 2.50. The van der Waals surface area contributed by atoms with Crippen molar-refractivity contribution < 1.29 is 9.47 Å². The smallest absolute Gasteiger partial charge is 0.231 e. The molecule has 4 saturated carbocycles. The Labute approximate surface area is 125 Å². The van der Waals surface area contributed by atoms with E-state index >= 15 is 0 Å². The van der Waals surface area contributed by atoms with Gasteiger partial charge in [-0.1, -0.05) is 0 Å². The van der Waals surface area contributed by atoms with Crippen molar-refractivity contribution in [1.82, 2.24) is 0 Å². The Morgan fingerprint density at radius 1 is 0.952 bits per heavy atom. The lowest BCUT2D eigenvalue weighted by atomic mass is 9.53. The summed E-state index contributed by atoms with van der Waals surface area (Å²) < 4.78 is 10.8. The molecular weight excluding hydrogens is 262 g/mol. The van der Waals surface area contributed by atoms with Gasteiger partial charge in [0.05, 0.1) is 5.54 Å². The van der Waals surface area contributed by atoms with Crippen LogP contribution in [0.25, 0.3) is 0 Å². The van der Waals surface area contributed by atoms with Gasteiger partial charge in [0.1, 0.15) is 0 Å². The highest BCUT2D eigenvalue weighted by atomic mass is 16.7. The van der Waals surface area contributed by atoms with Crippen molar-refractivity contribution in [3.63, 3.8) is 0 Å². The van der Waals surface area contributed by atoms with E-state index in [0.717, 1.165) is 34.8 Å². The third-order valence-electron chi connectivity index (χ3n) is 5.89. The zero-order chi connectivity index (χ0) is 13.9. The Bertz CT molecular complexity index is 572. The van der Waals surface area contributed by atoms with Crippen molar-refractivity contribution in [3.05, 3.63) is 23.8 Å². The second-order valence-electron chi connectivity index (χ2n) is 7.51. The molecule has 21 heavy (non-hydrogen) atoms. The van der Waals surface area contributed by atoms with Crippen molar-refractivity contribution in [2.75, 3.05) is 6.79 Å². The SMILES string of the molecule is C(=NC12CC3CC(CC(C3)C1)C2)c1ccc2c(c1)OCO2. The molecule has 1 heterocycles. The number of ether oxygens (including phenoxy) is 2. The lowest BCUT2D eigenvalue weighted by Crippen LogP contribution is -2.49. The van der Waals surface area contributed by atoms with Crippen LogP contribution < -0.4 is 9.47 Å². The van der Waals surface area contributed by atoms with Gasteiger partial charge in [0.2, 0.25) is 6.79 Å². The molecule has 0 aromatic heterocycles. The van der Waals surface area contributed by atoms with E-state index in [2.05, 4.69) is 12.3 Å². The maximum absolute atomic E-state index is 5.45. The van der Waals surface area contributed by atoms with Crippen LogP contribution in [0.3, 0.4) is 0 Å². The van der Waals surface area contributed by atoms with Gasteiger partial charge in [0.25, 0.3) is 0 Å². The summed E-state index contributed by atoms with van der Waals surface area (Å²) in [7, 11) is 0. The Kier molecular flexibility index (Phi) is 2.44. The molecule has 0 N–H and O–H groups in total. The first-order chi connectivity index (χ1) is 10.3. The van der Waals surface area contributed by atoms with Crippen molar-refractivity contribution in [3.8, 4) is 11.5 Å². The first-order valence-electron chi connectivity index (χ1n) is 8.23. The molecule has 1 aromatic carbocycles. The summed E-state index contributed by atoms with van der Waals surface area (Å²) in [5, 5.41) is 0. The molecule has 3 heteroatoms. The Morgan fingerprint density at radius 2 is 1.62 bits per heavy atom. The molecule has 110 valence electrons. The molecule has 4 aliphatic carbocycles. The van der Waals surface area contributed by atoms with E-state index in [4.69, 9.17) is 14.5 Å². The van der Waals surface area contributed by atoms with Crippen LogP contribution in [0.4, 0.5) is 0 Å². The molecular formula is C18H21NO2. The largest absolute Gasteiger partial charge is 0.454 e. The van der Waals surface area contributed by atoms with Gasteiger partial charge in [-0.15, -0.1) is 0 Å². The zero-order valence-corrected chi connectivity index (χ0v) is 12.3. The van der Waals surface area contributed by atoms with E-state index < -0.39 is 0 Å². The summed E-state index contributed by atoms with van der Waals surface area (Å²) >= 11 is 0. The normalized spacial score (nSPS) is 39.3. The van der Waals surface area contributed by atoms with E-state index in [-0.39, 0.29) is 5.54 Å². The first kappa shape index (κ1) is 12.1. The molecule has 4 bridgehead atoms. The van der Waals surface area contributed by atoms with Crippen molar-refractivity contribution in [2.45, 2.75) is 44.1 Å². The number of rotatable bonds is 2. The van der Waals surface area contributed by atoms with Gasteiger partial charge in [-0.05, 0) is 80.0 Å². The van der Waals surface area contributed by atoms with Gasteiger partial charge >= 0.3 is 0 Å². The number of aliphatic imine (C=N–C) groups is 1. The standard InChI is InChI=1S/C18H21NO2/c1-2-16-17(21-11-20-16)6-12(1)10-19-18-7-13-3-14(8-18)5-15(4-13)9-18/h1-2,6,10,13-15H,3-5,7-9,11H2. The third-order valence-corrected chi connectivity index (χ3v) is 5.89. The summed E-state index contributed by atoms with van der Waals surface area (Å²) in [6, 6.07) is 6.12. The highest BCUT2D eigenvalue weighted by Crippen LogP contribution is 2.57. The van der Waals surface area contributed by atoms with E-state index in [1.807, 2.05) is 12.1 Å². The molecule has 1 aromatic rings. The van der Waals surface area contributed by atoms with Gasteiger partial charge in [-0.2, -0.15) is 0 Å². The first-order valence-corrected chi connectivity index (χ1v) is 8.23. The second-order valence-corrected chi connectivity index (χ2v) is 7.51. The lowest BCUT2D eigenvalue weighted by molar-refractivity contribution is 0.00195. The van der Waals surface area contributed by atoms with Crippen molar-refractivity contribution >= 4 is 6.21 Å². The number of hydrogen-bond donors (Lipinski definition) is 0. The second kappa shape index (κ2) is 4.25. The zero-order valence-electron chi connectivity index (χ0n) is 12.3. The molecule has 0 atom stereocenters. The quantitative estimate of drug-likeness (QED) is 0.773. The predicted molar refractivity (Wildman–Crippen MR) is 81.1 cm³/mol. The van der Waals surface area contributed by atoms with E-state index in [9.17, 15) is 0 Å². The van der Waals surface area contributed by atoms with Gasteiger partial charge < -0.3 is 9.47 Å². The van der Waals surface area contributed by atoms with Crippen molar-refractivity contribution in [1.29, 1.82) is 0 Å². The van der Waals surface area contributed by atoms with Gasteiger partial charge in [-0.25, -0.2) is 0 Å². The molecule has 0 saturated heterocycles. The molecule has 0 unspecified atom stereocenters. The van der Waals surface area contributed by atoms with Gasteiger partial charge in [0, 0.05) is 6.21 Å². The van der Waals surface area contributed by atoms with Crippen LogP contribution in [-0.2, 0) is 0 Å². The number of nitrogens with zero attached hydrogens (tertiary/aromatic N) is 1. The minimum Gasteiger partial charge on any atom is -0.454 e. The molecule has 0 radical (unpaired) electrons. The fourth-order valence-electron chi connectivity index (χ4n) is 5.43. The third kappa shape index (κ3) is 1.97. The maximum atomic E-state index is 5.45. The highest BCUT2D eigenvalue weighted by molar-refractivity contribution is 5.81. The van der Waals surface area contributed by atoms with Crippen LogP contribution in [-0.4, -0.2) is 18.5 Å². The van der Waals surface area contributed by atoms with Crippen LogP contribution in [0, 0.1) is 17.8 Å². The summed E-state index contributed by atoms with van der Waals surface area (Å²) in [4.78, 5) is 5.09. The summed E-state index contributed by atoms with van der Waals surface area (Å²) in [5.41, 5.74) is 1.39. The molecule has 6 rings (SSSR count). The molecule has 3 nitrogen and oxygen atoms in total. The van der Waals surface area contributed by atoms with E-state index in [1.165, 1.54) is 38.5 Å². The number of hydrogen-bond acceptors (Lipinski definition) is 3. The van der Waals surface area contributed by atoms with E-state index in [1.54, 1.807) is 0 Å². The van der Waals surface area contributed by atoms with Crippen LogP contribution in [0.15, 0.2) is 23.2 Å². The predicted octanol–water partition coefficient (Wildman–Crippen LogP) is 3.80. The average Bonchev–Trinajstić information content (AvgIpc) is 2.91. The topological polar surface area (TPSA) is 30.8 Å². The van der Waals surface area contributed by atoms with Crippen LogP contribution in [0.1, 0.15) is 44.1 Å². The minimum atomic E-state index is 0.255. The van der Waals surface area contributed by atoms with E-state index in [0.29, 0.717) is 6.79 Å². The molecule has 1 aliphatic heterocycles. The molecule has 0 spiro atoms. The lowest BCUT2D eigenvalue weighted by Gasteiger charge is -2.54. The fraction of sp³-hybridized carbons (Fsp3) is 0.611. The monoisotopic (exact) mass is 283 g/mol. The van der Waals surface area contributed by atoms with Crippen LogP contribution in [0.2, 0.25) is 0 Å². The van der Waals surface area contributed by atoms with Crippen molar-refractivity contribution in [2.24, 2.45) is 22.7 Å². The molecule has 4 fully saturated rings. The molecule has 5 aliphatic rings. The molecule has 0 amide bonds. The van der Waals surface area contributed by atoms with Gasteiger partial charge in [0.15, 0.2) is 11.5 Å². The van der Waals surface area contributed by atoms with Gasteiger partial charge in [-0.3, -0.25) is 4.99 Å². The Morgan fingerprint density at radius 3 is 2.33 bits per heavy atom. The minimum absolute atomic E-state index is 0.255.